The molecule has 2 unspecified atom stereocenters. The smallest absolute Gasteiger partial charge is 0.226 e. The molecule has 0 saturated carbocycles. The lowest BCUT2D eigenvalue weighted by atomic mass is 10.0. The molecule has 1 N–H and O–H groups in total. The maximum absolute atomic E-state index is 10.6. The molecular weight excluding hydrogens is 330 g/mol. The van der Waals surface area contributed by atoms with Crippen LogP contribution in [0.5, 0.6) is 5.75 Å². The third-order valence-corrected chi connectivity index (χ3v) is 5.32. The van der Waals surface area contributed by atoms with Crippen LogP contribution in [0.3, 0.4) is 0 Å². The number of aliphatic hydroxyl groups is 1. The van der Waals surface area contributed by atoms with E-state index in [1.807, 2.05) is 18.2 Å². The summed E-state index contributed by atoms with van der Waals surface area (Å²) in [5.41, 5.74) is 12.6. The SMILES string of the molecule is COC(Oc1ccc2c(c1)C(O)(N=[N+]=[N-])CC2)c1ccc2c(c1)CCC2. The van der Waals surface area contributed by atoms with E-state index < -0.39 is 12.0 Å². The van der Waals surface area contributed by atoms with Gasteiger partial charge in [-0.3, -0.25) is 0 Å². The molecule has 0 radical (unpaired) electrons. The standard InChI is InChI=1S/C20H21N3O3/c1-25-19(16-6-5-13-3-2-4-15(13)11-16)26-17-8-7-14-9-10-20(24,22-23-21)18(14)12-17/h5-8,11-12,19,24H,2-4,9-10H2,1H3. The van der Waals surface area contributed by atoms with Gasteiger partial charge in [0.1, 0.15) is 5.75 Å². The monoisotopic (exact) mass is 351 g/mol. The first-order valence-electron chi connectivity index (χ1n) is 8.86. The molecule has 0 bridgehead atoms. The minimum absolute atomic E-state index is 0.383. The highest BCUT2D eigenvalue weighted by Crippen LogP contribution is 2.40. The average Bonchev–Trinajstić information content (AvgIpc) is 3.24. The number of methoxy groups -OCH3 is 1. The van der Waals surface area contributed by atoms with E-state index >= 15 is 0 Å². The van der Waals surface area contributed by atoms with E-state index in [0.717, 1.165) is 24.0 Å². The lowest BCUT2D eigenvalue weighted by Crippen LogP contribution is -2.18. The van der Waals surface area contributed by atoms with Crippen molar-refractivity contribution >= 4 is 0 Å². The summed E-state index contributed by atoms with van der Waals surface area (Å²) in [6.07, 6.45) is 3.94. The lowest BCUT2D eigenvalue weighted by molar-refractivity contribution is -0.0565. The Hall–Kier alpha value is -2.53. The average molecular weight is 351 g/mol. The predicted octanol–water partition coefficient (Wildman–Crippen LogP) is 4.30. The maximum Gasteiger partial charge on any atom is 0.226 e. The van der Waals surface area contributed by atoms with E-state index in [2.05, 4.69) is 22.2 Å². The molecule has 0 heterocycles. The van der Waals surface area contributed by atoms with Crippen molar-refractivity contribution in [1.82, 2.24) is 0 Å². The van der Waals surface area contributed by atoms with Crippen LogP contribution in [0, 0.1) is 0 Å². The Morgan fingerprint density at radius 1 is 1.12 bits per heavy atom. The second kappa shape index (κ2) is 6.65. The number of fused-ring (bicyclic) bond motifs is 2. The molecule has 0 saturated heterocycles. The number of azide groups is 1. The summed E-state index contributed by atoms with van der Waals surface area (Å²) in [5.74, 6) is 0.574. The van der Waals surface area contributed by atoms with Gasteiger partial charge < -0.3 is 14.6 Å². The molecule has 2 aromatic carbocycles. The van der Waals surface area contributed by atoms with Gasteiger partial charge in [0.05, 0.1) is 0 Å². The van der Waals surface area contributed by atoms with E-state index in [1.165, 1.54) is 17.5 Å². The van der Waals surface area contributed by atoms with E-state index in [1.54, 1.807) is 13.2 Å². The highest BCUT2D eigenvalue weighted by atomic mass is 16.7. The van der Waals surface area contributed by atoms with Gasteiger partial charge in [-0.1, -0.05) is 23.3 Å². The summed E-state index contributed by atoms with van der Waals surface area (Å²) < 4.78 is 11.6. The molecule has 6 nitrogen and oxygen atoms in total. The number of rotatable bonds is 5. The fourth-order valence-electron chi connectivity index (χ4n) is 3.96. The molecule has 0 aromatic heterocycles. The summed E-state index contributed by atoms with van der Waals surface area (Å²) in [7, 11) is 1.61. The molecule has 2 aromatic rings. The Balaban J connectivity index is 1.61. The Morgan fingerprint density at radius 2 is 1.92 bits per heavy atom. The number of nitrogens with zero attached hydrogens (tertiary/aromatic N) is 3. The van der Waals surface area contributed by atoms with Gasteiger partial charge in [0.15, 0.2) is 5.72 Å². The first-order valence-corrected chi connectivity index (χ1v) is 8.86. The molecule has 0 aliphatic heterocycles. The minimum Gasteiger partial charge on any atom is -0.461 e. The topological polar surface area (TPSA) is 87.5 Å². The number of hydrogen-bond acceptors (Lipinski definition) is 4. The van der Waals surface area contributed by atoms with Crippen LogP contribution in [0.25, 0.3) is 10.4 Å². The summed E-state index contributed by atoms with van der Waals surface area (Å²) in [5, 5.41) is 14.2. The van der Waals surface area contributed by atoms with Gasteiger partial charge >= 0.3 is 0 Å². The molecule has 0 spiro atoms. The molecule has 6 heteroatoms. The van der Waals surface area contributed by atoms with Crippen molar-refractivity contribution in [2.45, 2.75) is 44.1 Å². The number of hydrogen-bond donors (Lipinski definition) is 1. The molecule has 26 heavy (non-hydrogen) atoms. The van der Waals surface area contributed by atoms with Crippen molar-refractivity contribution in [3.05, 3.63) is 74.7 Å². The maximum atomic E-state index is 10.6. The van der Waals surface area contributed by atoms with E-state index in [4.69, 9.17) is 15.0 Å². The largest absolute Gasteiger partial charge is 0.461 e. The highest BCUT2D eigenvalue weighted by Gasteiger charge is 2.36. The Bertz CT molecular complexity index is 892. The van der Waals surface area contributed by atoms with Crippen LogP contribution in [0.4, 0.5) is 0 Å². The van der Waals surface area contributed by atoms with Crippen molar-refractivity contribution in [2.75, 3.05) is 7.11 Å². The van der Waals surface area contributed by atoms with Crippen LogP contribution in [0.1, 0.15) is 46.9 Å². The highest BCUT2D eigenvalue weighted by molar-refractivity contribution is 5.43. The molecule has 0 fully saturated rings. The quantitative estimate of drug-likeness (QED) is 0.377. The molecule has 4 rings (SSSR count). The molecule has 134 valence electrons. The third-order valence-electron chi connectivity index (χ3n) is 5.32. The molecule has 2 aliphatic rings. The van der Waals surface area contributed by atoms with Crippen LogP contribution in [0.15, 0.2) is 41.5 Å². The van der Waals surface area contributed by atoms with Crippen molar-refractivity contribution < 1.29 is 14.6 Å². The Morgan fingerprint density at radius 3 is 2.73 bits per heavy atom. The molecule has 0 amide bonds. The number of benzene rings is 2. The van der Waals surface area contributed by atoms with Crippen LogP contribution >= 0.6 is 0 Å². The van der Waals surface area contributed by atoms with Gasteiger partial charge in [-0.15, -0.1) is 0 Å². The van der Waals surface area contributed by atoms with Gasteiger partial charge in [-0.2, -0.15) is 0 Å². The number of aryl methyl sites for hydroxylation is 3. The zero-order chi connectivity index (χ0) is 18.1. The second-order valence-corrected chi connectivity index (χ2v) is 6.89. The lowest BCUT2D eigenvalue weighted by Gasteiger charge is -2.21. The van der Waals surface area contributed by atoms with Crippen LogP contribution < -0.4 is 4.74 Å². The first kappa shape index (κ1) is 16.9. The summed E-state index contributed by atoms with van der Waals surface area (Å²) in [4.78, 5) is 2.79. The van der Waals surface area contributed by atoms with Gasteiger partial charge in [0, 0.05) is 17.6 Å². The molecular formula is C20H21N3O3. The third kappa shape index (κ3) is 2.92. The van der Waals surface area contributed by atoms with E-state index in [0.29, 0.717) is 24.2 Å². The van der Waals surface area contributed by atoms with Gasteiger partial charge in [0.25, 0.3) is 0 Å². The fourth-order valence-corrected chi connectivity index (χ4v) is 3.96. The number of ether oxygens (including phenoxy) is 2. The van der Waals surface area contributed by atoms with E-state index in [9.17, 15) is 5.11 Å². The van der Waals surface area contributed by atoms with Crippen molar-refractivity contribution in [1.29, 1.82) is 0 Å². The minimum atomic E-state index is -1.50. The zero-order valence-electron chi connectivity index (χ0n) is 14.7. The molecule has 2 aliphatic carbocycles. The van der Waals surface area contributed by atoms with Crippen LogP contribution in [-0.2, 0) is 29.7 Å². The zero-order valence-corrected chi connectivity index (χ0v) is 14.7. The van der Waals surface area contributed by atoms with Crippen molar-refractivity contribution in [2.24, 2.45) is 5.11 Å². The predicted molar refractivity (Wildman–Crippen MR) is 96.7 cm³/mol. The van der Waals surface area contributed by atoms with E-state index in [-0.39, 0.29) is 0 Å². The summed E-state index contributed by atoms with van der Waals surface area (Å²) in [6, 6.07) is 11.9. The van der Waals surface area contributed by atoms with Gasteiger partial charge in [-0.05, 0) is 78.1 Å². The molecule has 2 atom stereocenters. The first-order chi connectivity index (χ1) is 12.6. The fraction of sp³-hybridized carbons (Fsp3) is 0.400. The van der Waals surface area contributed by atoms with Gasteiger partial charge in [-0.25, -0.2) is 0 Å². The normalized spacial score (nSPS) is 21.6. The Kier molecular flexibility index (Phi) is 4.32. The van der Waals surface area contributed by atoms with Crippen molar-refractivity contribution in [3.63, 3.8) is 0 Å². The summed E-state index contributed by atoms with van der Waals surface area (Å²) in [6.45, 7) is 0. The van der Waals surface area contributed by atoms with Crippen LogP contribution in [-0.4, -0.2) is 12.2 Å². The van der Waals surface area contributed by atoms with Gasteiger partial charge in [0.2, 0.25) is 6.29 Å². The summed E-state index contributed by atoms with van der Waals surface area (Å²) >= 11 is 0. The van der Waals surface area contributed by atoms with Crippen molar-refractivity contribution in [3.8, 4) is 5.75 Å². The Labute approximate surface area is 152 Å². The van der Waals surface area contributed by atoms with Crippen LogP contribution in [0.2, 0.25) is 0 Å². The second-order valence-electron chi connectivity index (χ2n) is 6.89.